The van der Waals surface area contributed by atoms with Crippen LogP contribution in [0, 0.1) is 0 Å². The van der Waals surface area contributed by atoms with Gasteiger partial charge in [-0.3, -0.25) is 0 Å². The van der Waals surface area contributed by atoms with Crippen molar-refractivity contribution in [3.05, 3.63) is 233 Å². The van der Waals surface area contributed by atoms with E-state index in [1.54, 1.807) is 0 Å². The predicted octanol–water partition coefficient (Wildman–Crippen LogP) is 14.1. The molecular formula is C55H39N. The quantitative estimate of drug-likeness (QED) is 0.160. The monoisotopic (exact) mass is 714 g/mol. The highest BCUT2D eigenvalue weighted by Gasteiger charge is 2.51. The average molecular weight is 715 g/mol. The lowest BCUT2D eigenvalue weighted by Gasteiger charge is -2.32. The Morgan fingerprint density at radius 2 is 0.893 bits per heavy atom. The first-order chi connectivity index (χ1) is 27.9. The van der Waals surface area contributed by atoms with Crippen LogP contribution in [0.25, 0.3) is 44.5 Å². The van der Waals surface area contributed by atoms with Crippen molar-refractivity contribution in [2.75, 3.05) is 4.90 Å². The number of allylic oxidation sites excluding steroid dienone is 2. The van der Waals surface area contributed by atoms with Crippen LogP contribution in [0.5, 0.6) is 0 Å². The lowest BCUT2D eigenvalue weighted by Crippen LogP contribution is -2.26. The van der Waals surface area contributed by atoms with Crippen LogP contribution in [-0.2, 0) is 10.8 Å². The summed E-state index contributed by atoms with van der Waals surface area (Å²) < 4.78 is 8.58. The largest absolute Gasteiger partial charge is 0.310 e. The predicted molar refractivity (Wildman–Crippen MR) is 232 cm³/mol. The van der Waals surface area contributed by atoms with Crippen molar-refractivity contribution in [1.82, 2.24) is 0 Å². The zero-order valence-electron chi connectivity index (χ0n) is 32.4. The molecule has 4 aliphatic carbocycles. The fraction of sp³-hybridized carbons (Fsp3) is 0.0909. The Kier molecular flexibility index (Phi) is 6.24. The van der Waals surface area contributed by atoms with Crippen LogP contribution < -0.4 is 4.90 Å². The molecule has 0 bridgehead atoms. The normalized spacial score (nSPS) is 16.3. The molecule has 0 atom stereocenters. The zero-order valence-corrected chi connectivity index (χ0v) is 31.4. The fourth-order valence-corrected chi connectivity index (χ4v) is 10.4. The molecule has 8 aromatic rings. The molecule has 56 heavy (non-hydrogen) atoms. The number of anilines is 3. The van der Waals surface area contributed by atoms with Gasteiger partial charge in [0.15, 0.2) is 0 Å². The Bertz CT molecular complexity index is 2950. The molecule has 0 amide bonds. The van der Waals surface area contributed by atoms with Crippen molar-refractivity contribution >= 4 is 17.1 Å². The van der Waals surface area contributed by atoms with E-state index in [0.29, 0.717) is 0 Å². The average Bonchev–Trinajstić information content (AvgIpc) is 3.78. The number of rotatable bonds is 5. The minimum Gasteiger partial charge on any atom is -0.310 e. The Morgan fingerprint density at radius 1 is 0.393 bits per heavy atom. The highest BCUT2D eigenvalue weighted by Crippen LogP contribution is 2.63. The van der Waals surface area contributed by atoms with Gasteiger partial charge in [-0.2, -0.15) is 0 Å². The van der Waals surface area contributed by atoms with Gasteiger partial charge in [-0.1, -0.05) is 172 Å². The fourth-order valence-electron chi connectivity index (χ4n) is 10.4. The molecule has 1 spiro atoms. The lowest BCUT2D eigenvalue weighted by atomic mass is 9.70. The molecule has 0 aliphatic heterocycles. The van der Waals surface area contributed by atoms with Crippen LogP contribution in [0.2, 0.25) is 0 Å². The van der Waals surface area contributed by atoms with E-state index in [0.717, 1.165) is 33.8 Å². The standard InChI is InChI=1S/C55H39N/c1-54(2)48-18-7-3-17-45(48)47-33-40(29-31-49(47)54)56(39-13-11-12-38(32-39)37-26-24-36(25-27-37)35-22-23-35)41-28-30-46-44-16-6-10-21-52(44)55(53(46)34-41)50-19-8-4-14-42(50)43-15-5-9-20-51(43)55/h3-35H,1-2H3/i35D. The van der Waals surface area contributed by atoms with Gasteiger partial charge in [-0.15, -0.1) is 0 Å². The number of fused-ring (bicyclic) bond motifs is 13. The van der Waals surface area contributed by atoms with Crippen molar-refractivity contribution in [2.45, 2.75) is 30.6 Å². The van der Waals surface area contributed by atoms with Crippen LogP contribution in [0.3, 0.4) is 0 Å². The van der Waals surface area contributed by atoms with E-state index in [-0.39, 0.29) is 5.41 Å². The van der Waals surface area contributed by atoms with E-state index >= 15 is 0 Å². The molecule has 0 aromatic heterocycles. The van der Waals surface area contributed by atoms with Crippen molar-refractivity contribution in [3.63, 3.8) is 0 Å². The third kappa shape index (κ3) is 4.26. The van der Waals surface area contributed by atoms with E-state index < -0.39 is 11.3 Å². The van der Waals surface area contributed by atoms with Gasteiger partial charge in [0.1, 0.15) is 0 Å². The van der Waals surface area contributed by atoms with Crippen molar-refractivity contribution < 1.29 is 1.37 Å². The summed E-state index contributed by atoms with van der Waals surface area (Å²) in [4.78, 5) is 2.46. The lowest BCUT2D eigenvalue weighted by molar-refractivity contribution is 0.660. The second-order valence-electron chi connectivity index (χ2n) is 16.3. The number of hydrogen-bond donors (Lipinski definition) is 0. The summed E-state index contributed by atoms with van der Waals surface area (Å²) in [6, 6.07) is 67.7. The van der Waals surface area contributed by atoms with Crippen LogP contribution >= 0.6 is 0 Å². The van der Waals surface area contributed by atoms with Gasteiger partial charge in [0.05, 0.1) is 5.41 Å². The molecular weight excluding hydrogens is 675 g/mol. The Hall–Kier alpha value is -6.70. The molecule has 0 unspecified atom stereocenters. The zero-order chi connectivity index (χ0) is 38.1. The Morgan fingerprint density at radius 3 is 1.52 bits per heavy atom. The second-order valence-corrected chi connectivity index (χ2v) is 16.3. The van der Waals surface area contributed by atoms with Gasteiger partial charge in [0.25, 0.3) is 0 Å². The summed E-state index contributed by atoms with van der Waals surface area (Å²) in [7, 11) is 0. The highest BCUT2D eigenvalue weighted by molar-refractivity contribution is 5.97. The first kappa shape index (κ1) is 30.6. The summed E-state index contributed by atoms with van der Waals surface area (Å²) >= 11 is 0. The molecule has 4 aliphatic rings. The first-order valence-corrected chi connectivity index (χ1v) is 19.8. The van der Waals surface area contributed by atoms with Gasteiger partial charge < -0.3 is 4.90 Å². The summed E-state index contributed by atoms with van der Waals surface area (Å²) in [5.74, 6) is -0.650. The molecule has 1 heteroatoms. The van der Waals surface area contributed by atoms with Crippen molar-refractivity contribution in [3.8, 4) is 44.5 Å². The van der Waals surface area contributed by atoms with Crippen molar-refractivity contribution in [2.24, 2.45) is 0 Å². The minimum absolute atomic E-state index is 0.0794. The minimum atomic E-state index is -0.650. The third-order valence-electron chi connectivity index (χ3n) is 13.1. The smallest absolute Gasteiger partial charge is 0.0726 e. The van der Waals surface area contributed by atoms with Gasteiger partial charge in [0.2, 0.25) is 0 Å². The maximum atomic E-state index is 8.58. The van der Waals surface area contributed by atoms with Crippen LogP contribution in [-0.4, -0.2) is 0 Å². The molecule has 0 saturated carbocycles. The summed E-state index contributed by atoms with van der Waals surface area (Å²) in [5.41, 5.74) is 22.0. The van der Waals surface area contributed by atoms with Crippen LogP contribution in [0.4, 0.5) is 17.1 Å². The van der Waals surface area contributed by atoms with E-state index in [9.17, 15) is 0 Å². The molecule has 0 saturated heterocycles. The summed E-state index contributed by atoms with van der Waals surface area (Å²) in [5, 5.41) is 0. The van der Waals surface area contributed by atoms with Gasteiger partial charge >= 0.3 is 0 Å². The molecule has 1 nitrogen and oxygen atoms in total. The van der Waals surface area contributed by atoms with E-state index in [1.165, 1.54) is 66.8 Å². The number of hydrogen-bond acceptors (Lipinski definition) is 1. The SMILES string of the molecule is [2H]C1(c2ccc(-c3cccc(N(c4ccc5c(c4)-c4ccccc4C5(C)C)c4ccc5c(c4)C4(c6ccccc6-c6ccccc64)c4ccccc4-5)c3)cc2)C=C1. The Labute approximate surface area is 330 Å². The topological polar surface area (TPSA) is 3.24 Å². The van der Waals surface area contributed by atoms with Crippen molar-refractivity contribution in [1.29, 1.82) is 0 Å². The van der Waals surface area contributed by atoms with E-state index in [2.05, 4.69) is 201 Å². The van der Waals surface area contributed by atoms with Crippen LogP contribution in [0.1, 0.15) is 60.1 Å². The number of benzene rings is 8. The molecule has 0 N–H and O–H groups in total. The summed E-state index contributed by atoms with van der Waals surface area (Å²) in [6.07, 6.45) is 3.89. The molecule has 12 rings (SSSR count). The van der Waals surface area contributed by atoms with Gasteiger partial charge in [0, 0.05) is 29.7 Å². The Balaban J connectivity index is 1.09. The number of nitrogens with zero attached hydrogens (tertiary/aromatic N) is 1. The maximum absolute atomic E-state index is 8.58. The maximum Gasteiger partial charge on any atom is 0.0726 e. The molecule has 8 aromatic carbocycles. The van der Waals surface area contributed by atoms with Gasteiger partial charge in [-0.25, -0.2) is 0 Å². The molecule has 264 valence electrons. The van der Waals surface area contributed by atoms with Crippen LogP contribution in [0.15, 0.2) is 194 Å². The first-order valence-electron chi connectivity index (χ1n) is 20.3. The van der Waals surface area contributed by atoms with E-state index in [1.807, 2.05) is 12.2 Å². The van der Waals surface area contributed by atoms with E-state index in [4.69, 9.17) is 1.37 Å². The second kappa shape index (κ2) is 11.4. The summed E-state index contributed by atoms with van der Waals surface area (Å²) in [6.45, 7) is 4.70. The molecule has 0 radical (unpaired) electrons. The molecule has 0 heterocycles. The molecule has 0 fully saturated rings. The third-order valence-corrected chi connectivity index (χ3v) is 13.1. The highest BCUT2D eigenvalue weighted by atomic mass is 15.1. The van der Waals surface area contributed by atoms with Gasteiger partial charge in [-0.05, 0) is 120 Å².